The Bertz CT molecular complexity index is 780. The molecule has 0 radical (unpaired) electrons. The highest BCUT2D eigenvalue weighted by Crippen LogP contribution is 2.21. The average Bonchev–Trinajstić information content (AvgIpc) is 2.63. The van der Waals surface area contributed by atoms with E-state index in [4.69, 9.17) is 4.74 Å². The molecule has 6 heteroatoms. The van der Waals surface area contributed by atoms with Crippen LogP contribution in [0.4, 0.5) is 11.4 Å². The summed E-state index contributed by atoms with van der Waals surface area (Å²) in [6, 6.07) is 14.5. The lowest BCUT2D eigenvalue weighted by molar-refractivity contribution is 0.122. The largest absolute Gasteiger partial charge is 0.378 e. The van der Waals surface area contributed by atoms with Gasteiger partial charge in [0.15, 0.2) is 0 Å². The van der Waals surface area contributed by atoms with Crippen LogP contribution in [0, 0.1) is 0 Å². The molecule has 0 spiro atoms. The molecule has 1 aliphatic heterocycles. The number of aryl methyl sites for hydroxylation is 1. The molecular formula is C19H24N2O3S. The highest BCUT2D eigenvalue weighted by Gasteiger charge is 2.15. The molecule has 1 fully saturated rings. The quantitative estimate of drug-likeness (QED) is 0.859. The fourth-order valence-corrected chi connectivity index (χ4v) is 3.96. The van der Waals surface area contributed by atoms with Crippen molar-refractivity contribution in [2.24, 2.45) is 0 Å². The maximum Gasteiger partial charge on any atom is 0.261 e. The second-order valence-corrected chi connectivity index (χ2v) is 7.83. The first-order valence-corrected chi connectivity index (χ1v) is 10.1. The van der Waals surface area contributed by atoms with Crippen molar-refractivity contribution in [2.45, 2.75) is 24.7 Å². The smallest absolute Gasteiger partial charge is 0.261 e. The van der Waals surface area contributed by atoms with Gasteiger partial charge in [-0.3, -0.25) is 4.72 Å². The van der Waals surface area contributed by atoms with Gasteiger partial charge in [0, 0.05) is 24.5 Å². The summed E-state index contributed by atoms with van der Waals surface area (Å²) in [7, 11) is -3.57. The molecule has 2 aromatic carbocycles. The molecule has 25 heavy (non-hydrogen) atoms. The zero-order valence-electron chi connectivity index (χ0n) is 14.4. The van der Waals surface area contributed by atoms with Crippen molar-refractivity contribution in [3.63, 3.8) is 0 Å². The normalized spacial score (nSPS) is 15.2. The van der Waals surface area contributed by atoms with Gasteiger partial charge in [0.25, 0.3) is 10.0 Å². The Morgan fingerprint density at radius 1 is 1.00 bits per heavy atom. The van der Waals surface area contributed by atoms with Crippen LogP contribution in [-0.2, 0) is 21.2 Å². The van der Waals surface area contributed by atoms with Crippen LogP contribution in [0.3, 0.4) is 0 Å². The molecule has 0 atom stereocenters. The van der Waals surface area contributed by atoms with Crippen molar-refractivity contribution in [3.8, 4) is 0 Å². The van der Waals surface area contributed by atoms with Crippen molar-refractivity contribution < 1.29 is 13.2 Å². The standard InChI is InChI=1S/C19H24N2O3S/c1-2-3-16-4-10-19(11-5-16)25(22,23)20-17-6-8-18(9-7-17)21-12-14-24-15-13-21/h4-11,20H,2-3,12-15H2,1H3. The Balaban J connectivity index is 1.69. The number of morpholine rings is 1. The third-order valence-electron chi connectivity index (χ3n) is 4.27. The summed E-state index contributed by atoms with van der Waals surface area (Å²) in [5.41, 5.74) is 2.79. The number of nitrogens with zero attached hydrogens (tertiary/aromatic N) is 1. The van der Waals surface area contributed by atoms with Gasteiger partial charge < -0.3 is 9.64 Å². The minimum Gasteiger partial charge on any atom is -0.378 e. The summed E-state index contributed by atoms with van der Waals surface area (Å²) >= 11 is 0. The molecule has 0 amide bonds. The third kappa shape index (κ3) is 4.52. The topological polar surface area (TPSA) is 58.6 Å². The van der Waals surface area contributed by atoms with Crippen molar-refractivity contribution in [3.05, 3.63) is 54.1 Å². The van der Waals surface area contributed by atoms with Crippen molar-refractivity contribution in [1.29, 1.82) is 0 Å². The van der Waals surface area contributed by atoms with Crippen molar-refractivity contribution >= 4 is 21.4 Å². The maximum absolute atomic E-state index is 12.5. The molecule has 0 bridgehead atoms. The van der Waals surface area contributed by atoms with E-state index >= 15 is 0 Å². The van der Waals surface area contributed by atoms with Crippen LogP contribution in [0.2, 0.25) is 0 Å². The molecule has 1 heterocycles. The molecule has 2 aromatic rings. The van der Waals surface area contributed by atoms with Gasteiger partial charge in [0.2, 0.25) is 0 Å². The van der Waals surface area contributed by atoms with E-state index in [0.717, 1.165) is 50.4 Å². The van der Waals surface area contributed by atoms with E-state index in [-0.39, 0.29) is 4.90 Å². The Morgan fingerprint density at radius 2 is 1.64 bits per heavy atom. The van der Waals surface area contributed by atoms with Crippen LogP contribution in [0.1, 0.15) is 18.9 Å². The first kappa shape index (κ1) is 17.8. The summed E-state index contributed by atoms with van der Waals surface area (Å²) < 4.78 is 33.0. The maximum atomic E-state index is 12.5. The first-order valence-electron chi connectivity index (χ1n) is 8.63. The lowest BCUT2D eigenvalue weighted by Gasteiger charge is -2.28. The van der Waals surface area contributed by atoms with E-state index in [0.29, 0.717) is 5.69 Å². The van der Waals surface area contributed by atoms with Gasteiger partial charge in [0.05, 0.1) is 18.1 Å². The molecule has 1 aliphatic rings. The molecule has 0 saturated carbocycles. The summed E-state index contributed by atoms with van der Waals surface area (Å²) in [5.74, 6) is 0. The Morgan fingerprint density at radius 3 is 2.24 bits per heavy atom. The van der Waals surface area contributed by atoms with E-state index in [1.807, 2.05) is 24.3 Å². The second kappa shape index (κ2) is 7.89. The van der Waals surface area contributed by atoms with Gasteiger partial charge in [0.1, 0.15) is 0 Å². The third-order valence-corrected chi connectivity index (χ3v) is 5.67. The second-order valence-electron chi connectivity index (χ2n) is 6.15. The van der Waals surface area contributed by atoms with Gasteiger partial charge >= 0.3 is 0 Å². The molecule has 0 aromatic heterocycles. The molecule has 3 rings (SSSR count). The molecule has 1 saturated heterocycles. The fraction of sp³-hybridized carbons (Fsp3) is 0.368. The minimum atomic E-state index is -3.57. The van der Waals surface area contributed by atoms with Gasteiger partial charge in [-0.25, -0.2) is 8.42 Å². The van der Waals surface area contributed by atoms with Gasteiger partial charge in [-0.1, -0.05) is 25.5 Å². The number of rotatable bonds is 6. The molecular weight excluding hydrogens is 336 g/mol. The predicted octanol–water partition coefficient (Wildman–Crippen LogP) is 3.28. The van der Waals surface area contributed by atoms with E-state index in [9.17, 15) is 8.42 Å². The Hall–Kier alpha value is -2.05. The summed E-state index contributed by atoms with van der Waals surface area (Å²) in [6.07, 6.45) is 2.00. The van der Waals surface area contributed by atoms with E-state index < -0.39 is 10.0 Å². The zero-order valence-corrected chi connectivity index (χ0v) is 15.3. The van der Waals surface area contributed by atoms with Gasteiger partial charge in [-0.15, -0.1) is 0 Å². The van der Waals surface area contributed by atoms with Crippen molar-refractivity contribution in [1.82, 2.24) is 0 Å². The minimum absolute atomic E-state index is 0.282. The number of hydrogen-bond donors (Lipinski definition) is 1. The monoisotopic (exact) mass is 360 g/mol. The highest BCUT2D eigenvalue weighted by atomic mass is 32.2. The van der Waals surface area contributed by atoms with Gasteiger partial charge in [-0.2, -0.15) is 0 Å². The van der Waals surface area contributed by atoms with Crippen LogP contribution >= 0.6 is 0 Å². The van der Waals surface area contributed by atoms with Crippen molar-refractivity contribution in [2.75, 3.05) is 35.9 Å². The fourth-order valence-electron chi connectivity index (χ4n) is 2.90. The number of anilines is 2. The summed E-state index contributed by atoms with van der Waals surface area (Å²) in [4.78, 5) is 2.51. The van der Waals surface area contributed by atoms with Crippen LogP contribution in [-0.4, -0.2) is 34.7 Å². The molecule has 1 N–H and O–H groups in total. The van der Waals surface area contributed by atoms with E-state index in [2.05, 4.69) is 16.5 Å². The summed E-state index contributed by atoms with van der Waals surface area (Å²) in [6.45, 7) is 5.27. The lowest BCUT2D eigenvalue weighted by atomic mass is 10.1. The van der Waals surface area contributed by atoms with Gasteiger partial charge in [-0.05, 0) is 48.4 Å². The van der Waals surface area contributed by atoms with E-state index in [1.165, 1.54) is 0 Å². The SMILES string of the molecule is CCCc1ccc(S(=O)(=O)Nc2ccc(N3CCOCC3)cc2)cc1. The van der Waals surface area contributed by atoms with Crippen LogP contribution < -0.4 is 9.62 Å². The Labute approximate surface area is 149 Å². The molecule has 0 unspecified atom stereocenters. The van der Waals surface area contributed by atoms with E-state index in [1.54, 1.807) is 24.3 Å². The summed E-state index contributed by atoms with van der Waals surface area (Å²) in [5, 5.41) is 0. The molecule has 0 aliphatic carbocycles. The number of hydrogen-bond acceptors (Lipinski definition) is 4. The zero-order chi connectivity index (χ0) is 17.7. The van der Waals surface area contributed by atoms with Crippen LogP contribution in [0.5, 0.6) is 0 Å². The van der Waals surface area contributed by atoms with Crippen LogP contribution in [0.15, 0.2) is 53.4 Å². The number of sulfonamides is 1. The number of benzene rings is 2. The highest BCUT2D eigenvalue weighted by molar-refractivity contribution is 7.92. The lowest BCUT2D eigenvalue weighted by Crippen LogP contribution is -2.36. The van der Waals surface area contributed by atoms with Crippen LogP contribution in [0.25, 0.3) is 0 Å². The molecule has 134 valence electrons. The Kier molecular flexibility index (Phi) is 5.60. The number of ether oxygens (including phenoxy) is 1. The first-order chi connectivity index (χ1) is 12.1. The molecule has 5 nitrogen and oxygen atoms in total. The average molecular weight is 360 g/mol. The predicted molar refractivity (Wildman–Crippen MR) is 101 cm³/mol. The number of nitrogens with one attached hydrogen (secondary N) is 1.